The average Bonchev–Trinajstić information content (AvgIpc) is 3.54. The maximum atomic E-state index is 12.4. The quantitative estimate of drug-likeness (QED) is 0.622. The van der Waals surface area contributed by atoms with Crippen molar-refractivity contribution in [1.82, 2.24) is 10.3 Å². The maximum Gasteiger partial charge on any atom is 0.261 e. The van der Waals surface area contributed by atoms with Gasteiger partial charge in [0.05, 0.1) is 4.90 Å². The van der Waals surface area contributed by atoms with Gasteiger partial charge < -0.3 is 10.1 Å². The topological polar surface area (TPSA) is 97.4 Å². The van der Waals surface area contributed by atoms with Gasteiger partial charge in [-0.1, -0.05) is 18.2 Å². The minimum Gasteiger partial charge on any atom is -0.438 e. The van der Waals surface area contributed by atoms with E-state index >= 15 is 0 Å². The molecule has 0 saturated heterocycles. The van der Waals surface area contributed by atoms with Crippen molar-refractivity contribution in [2.45, 2.75) is 23.8 Å². The van der Waals surface area contributed by atoms with Gasteiger partial charge in [0.15, 0.2) is 0 Å². The molecule has 8 heteroatoms. The molecule has 3 aromatic rings. The molecule has 2 N–H and O–H groups in total. The van der Waals surface area contributed by atoms with Gasteiger partial charge in [-0.25, -0.2) is 13.4 Å². The van der Waals surface area contributed by atoms with Crippen molar-refractivity contribution in [3.63, 3.8) is 0 Å². The Bertz CT molecular complexity index is 1110. The van der Waals surface area contributed by atoms with Gasteiger partial charge in [-0.15, -0.1) is 0 Å². The highest BCUT2D eigenvalue weighted by Gasteiger charge is 2.25. The molecule has 0 bridgehead atoms. The Morgan fingerprint density at radius 1 is 0.966 bits per heavy atom. The molecular weight excluding hydrogens is 390 g/mol. The van der Waals surface area contributed by atoms with Crippen LogP contribution in [0.4, 0.5) is 5.69 Å². The second-order valence-electron chi connectivity index (χ2n) is 6.65. The van der Waals surface area contributed by atoms with Crippen LogP contribution in [0.25, 0.3) is 0 Å². The summed E-state index contributed by atoms with van der Waals surface area (Å²) < 4.78 is 33.1. The lowest BCUT2D eigenvalue weighted by Gasteiger charge is -2.11. The first-order valence-electron chi connectivity index (χ1n) is 9.13. The standard InChI is InChI=1S/C21H19N3O4S/c25-20(23-15-8-9-15)19-7-4-14-22-21(19)28-17-12-10-16(11-13-17)24-29(26,27)18-5-2-1-3-6-18/h1-7,10-15,24H,8-9H2,(H,23,25). The smallest absolute Gasteiger partial charge is 0.261 e. The minimum absolute atomic E-state index is 0.181. The van der Waals surface area contributed by atoms with E-state index < -0.39 is 10.0 Å². The average molecular weight is 409 g/mol. The number of amides is 1. The Hall–Kier alpha value is -3.39. The molecule has 29 heavy (non-hydrogen) atoms. The van der Waals surface area contributed by atoms with Crippen LogP contribution < -0.4 is 14.8 Å². The summed E-state index contributed by atoms with van der Waals surface area (Å²) in [4.78, 5) is 16.7. The highest BCUT2D eigenvalue weighted by molar-refractivity contribution is 7.92. The van der Waals surface area contributed by atoms with Crippen LogP contribution in [-0.2, 0) is 10.0 Å². The molecule has 1 fully saturated rings. The molecule has 0 aliphatic heterocycles. The van der Waals surface area contributed by atoms with Crippen LogP contribution in [0.2, 0.25) is 0 Å². The Labute approximate surface area is 168 Å². The number of hydrogen-bond donors (Lipinski definition) is 2. The lowest BCUT2D eigenvalue weighted by atomic mass is 10.2. The van der Waals surface area contributed by atoms with Crippen LogP contribution in [0.15, 0.2) is 77.8 Å². The lowest BCUT2D eigenvalue weighted by molar-refractivity contribution is 0.0948. The summed E-state index contributed by atoms with van der Waals surface area (Å²) in [5, 5.41) is 2.91. The fourth-order valence-electron chi connectivity index (χ4n) is 2.65. The number of nitrogens with one attached hydrogen (secondary N) is 2. The van der Waals surface area contributed by atoms with E-state index in [4.69, 9.17) is 4.74 Å². The van der Waals surface area contributed by atoms with Crippen LogP contribution >= 0.6 is 0 Å². The number of hydrogen-bond acceptors (Lipinski definition) is 5. The molecule has 0 unspecified atom stereocenters. The van der Waals surface area contributed by atoms with Gasteiger partial charge in [0.25, 0.3) is 15.9 Å². The molecule has 0 radical (unpaired) electrons. The summed E-state index contributed by atoms with van der Waals surface area (Å²) >= 11 is 0. The van der Waals surface area contributed by atoms with E-state index in [2.05, 4.69) is 15.0 Å². The summed E-state index contributed by atoms with van der Waals surface area (Å²) in [5.41, 5.74) is 0.752. The van der Waals surface area contributed by atoms with Crippen molar-refractivity contribution in [2.75, 3.05) is 4.72 Å². The molecule has 2 aromatic carbocycles. The third kappa shape index (κ3) is 4.72. The molecule has 1 aliphatic rings. The third-order valence-electron chi connectivity index (χ3n) is 4.30. The molecule has 1 heterocycles. The second-order valence-corrected chi connectivity index (χ2v) is 8.33. The third-order valence-corrected chi connectivity index (χ3v) is 5.70. The second kappa shape index (κ2) is 7.92. The first-order valence-corrected chi connectivity index (χ1v) is 10.6. The van der Waals surface area contributed by atoms with Gasteiger partial charge in [-0.2, -0.15) is 0 Å². The number of rotatable bonds is 7. The largest absolute Gasteiger partial charge is 0.438 e. The molecule has 1 amide bonds. The fourth-order valence-corrected chi connectivity index (χ4v) is 3.73. The molecule has 0 spiro atoms. The number of nitrogens with zero attached hydrogens (tertiary/aromatic N) is 1. The Morgan fingerprint density at radius 2 is 1.69 bits per heavy atom. The van der Waals surface area contributed by atoms with E-state index in [1.165, 1.54) is 12.1 Å². The summed E-state index contributed by atoms with van der Waals surface area (Å²) in [5.74, 6) is 0.415. The molecular formula is C21H19N3O4S. The fraction of sp³-hybridized carbons (Fsp3) is 0.143. The minimum atomic E-state index is -3.66. The van der Waals surface area contributed by atoms with Crippen LogP contribution in [0, 0.1) is 0 Å². The number of ether oxygens (including phenoxy) is 1. The van der Waals surface area contributed by atoms with E-state index in [0.29, 0.717) is 17.0 Å². The van der Waals surface area contributed by atoms with E-state index in [9.17, 15) is 13.2 Å². The number of aromatic nitrogens is 1. The number of pyridine rings is 1. The van der Waals surface area contributed by atoms with Crippen LogP contribution in [-0.4, -0.2) is 25.4 Å². The summed E-state index contributed by atoms with van der Waals surface area (Å²) in [6.07, 6.45) is 3.52. The zero-order valence-corrected chi connectivity index (χ0v) is 16.2. The zero-order chi connectivity index (χ0) is 20.3. The number of benzene rings is 2. The van der Waals surface area contributed by atoms with Crippen LogP contribution in [0.1, 0.15) is 23.2 Å². The number of anilines is 1. The van der Waals surface area contributed by atoms with Gasteiger partial charge in [0.2, 0.25) is 5.88 Å². The first kappa shape index (κ1) is 18.9. The van der Waals surface area contributed by atoms with Crippen molar-refractivity contribution >= 4 is 21.6 Å². The highest BCUT2D eigenvalue weighted by Crippen LogP contribution is 2.26. The maximum absolute atomic E-state index is 12.4. The predicted octanol–water partition coefficient (Wildman–Crippen LogP) is 3.57. The first-order chi connectivity index (χ1) is 14.0. The molecule has 1 aromatic heterocycles. The molecule has 7 nitrogen and oxygen atoms in total. The summed E-state index contributed by atoms with van der Waals surface area (Å²) in [6.45, 7) is 0. The number of carbonyl (C=O) groups excluding carboxylic acids is 1. The monoisotopic (exact) mass is 409 g/mol. The lowest BCUT2D eigenvalue weighted by Crippen LogP contribution is -2.25. The number of sulfonamides is 1. The number of carbonyl (C=O) groups is 1. The molecule has 148 valence electrons. The normalized spacial score (nSPS) is 13.5. The Balaban J connectivity index is 1.47. The molecule has 4 rings (SSSR count). The molecule has 0 atom stereocenters. The summed E-state index contributed by atoms with van der Waals surface area (Å²) in [7, 11) is -3.66. The summed E-state index contributed by atoms with van der Waals surface area (Å²) in [6, 6.07) is 18.1. The predicted molar refractivity (Wildman–Crippen MR) is 108 cm³/mol. The SMILES string of the molecule is O=C(NC1CC1)c1cccnc1Oc1ccc(NS(=O)(=O)c2ccccc2)cc1. The molecule has 1 aliphatic carbocycles. The van der Waals surface area contributed by atoms with E-state index in [0.717, 1.165) is 12.8 Å². The van der Waals surface area contributed by atoms with Crippen LogP contribution in [0.3, 0.4) is 0 Å². The van der Waals surface area contributed by atoms with Gasteiger partial charge in [-0.3, -0.25) is 9.52 Å². The van der Waals surface area contributed by atoms with Gasteiger partial charge in [0.1, 0.15) is 11.3 Å². The van der Waals surface area contributed by atoms with Crippen molar-refractivity contribution in [1.29, 1.82) is 0 Å². The highest BCUT2D eigenvalue weighted by atomic mass is 32.2. The Morgan fingerprint density at radius 3 is 2.38 bits per heavy atom. The van der Waals surface area contributed by atoms with Gasteiger partial charge in [-0.05, 0) is 61.4 Å². The van der Waals surface area contributed by atoms with E-state index in [1.54, 1.807) is 60.8 Å². The van der Waals surface area contributed by atoms with Crippen molar-refractivity contribution in [3.05, 3.63) is 78.5 Å². The van der Waals surface area contributed by atoms with E-state index in [1.807, 2.05) is 0 Å². The van der Waals surface area contributed by atoms with Crippen molar-refractivity contribution in [3.8, 4) is 11.6 Å². The van der Waals surface area contributed by atoms with Crippen molar-refractivity contribution in [2.24, 2.45) is 0 Å². The van der Waals surface area contributed by atoms with Gasteiger partial charge in [0, 0.05) is 17.9 Å². The van der Waals surface area contributed by atoms with Crippen LogP contribution in [0.5, 0.6) is 11.6 Å². The van der Waals surface area contributed by atoms with E-state index in [-0.39, 0.29) is 22.7 Å². The zero-order valence-electron chi connectivity index (χ0n) is 15.4. The van der Waals surface area contributed by atoms with Crippen molar-refractivity contribution < 1.29 is 17.9 Å². The molecule has 1 saturated carbocycles. The Kier molecular flexibility index (Phi) is 5.18. The van der Waals surface area contributed by atoms with Gasteiger partial charge >= 0.3 is 0 Å².